The van der Waals surface area contributed by atoms with Crippen LogP contribution in [0.2, 0.25) is 10.0 Å². The first-order valence-electron chi connectivity index (χ1n) is 12.4. The first-order chi connectivity index (χ1) is 18.9. The Hall–Kier alpha value is -3.53. The minimum absolute atomic E-state index is 0.00146. The van der Waals surface area contributed by atoms with Crippen molar-refractivity contribution in [3.05, 3.63) is 93.7 Å². The Balaban J connectivity index is 1.36. The van der Waals surface area contributed by atoms with E-state index in [0.717, 1.165) is 23.5 Å². The highest BCUT2D eigenvalue weighted by molar-refractivity contribution is 7.99. The Labute approximate surface area is 240 Å². The number of rotatable bonds is 9. The van der Waals surface area contributed by atoms with E-state index in [2.05, 4.69) is 21.6 Å². The highest BCUT2D eigenvalue weighted by Crippen LogP contribution is 2.30. The summed E-state index contributed by atoms with van der Waals surface area (Å²) in [6.45, 7) is 3.23. The summed E-state index contributed by atoms with van der Waals surface area (Å²) < 4.78 is 7.40. The Bertz CT molecular complexity index is 1510. The molecule has 0 atom stereocenters. The standard InChI is InChI=1S/C28H25Cl2N5O3S/c1-2-38-21-10-8-20(9-11-21)35-25(16-31-27(37)22-12-7-19(29)15-23(22)30)32-33-28(35)39-17-26(36)34-14-13-18-5-3-4-6-24(18)34/h3-12,15H,2,13-14,16-17H2,1H3,(H,31,37). The van der Waals surface area contributed by atoms with Crippen molar-refractivity contribution in [2.75, 3.05) is 23.8 Å². The van der Waals surface area contributed by atoms with Crippen molar-refractivity contribution in [1.29, 1.82) is 0 Å². The number of thioether (sulfide) groups is 1. The van der Waals surface area contributed by atoms with Gasteiger partial charge in [-0.15, -0.1) is 10.2 Å². The van der Waals surface area contributed by atoms with Gasteiger partial charge >= 0.3 is 0 Å². The largest absolute Gasteiger partial charge is 0.494 e. The normalized spacial score (nSPS) is 12.3. The number of amides is 2. The van der Waals surface area contributed by atoms with Crippen LogP contribution in [0.1, 0.15) is 28.7 Å². The van der Waals surface area contributed by atoms with E-state index in [-0.39, 0.29) is 29.1 Å². The van der Waals surface area contributed by atoms with Crippen LogP contribution < -0.4 is 15.0 Å². The fourth-order valence-corrected chi connectivity index (χ4v) is 5.70. The second-order valence-corrected chi connectivity index (χ2v) is 10.5. The van der Waals surface area contributed by atoms with Gasteiger partial charge in [0.25, 0.3) is 5.91 Å². The van der Waals surface area contributed by atoms with Gasteiger partial charge in [-0.25, -0.2) is 0 Å². The van der Waals surface area contributed by atoms with Crippen LogP contribution in [0.4, 0.5) is 5.69 Å². The summed E-state index contributed by atoms with van der Waals surface area (Å²) in [5.41, 5.74) is 3.21. The molecule has 3 aromatic carbocycles. The third kappa shape index (κ3) is 6.06. The van der Waals surface area contributed by atoms with E-state index in [1.807, 2.05) is 58.9 Å². The number of carbonyl (C=O) groups is 2. The molecule has 1 aliphatic heterocycles. The number of aromatic nitrogens is 3. The molecule has 0 saturated heterocycles. The minimum Gasteiger partial charge on any atom is -0.494 e. The maximum Gasteiger partial charge on any atom is 0.253 e. The lowest BCUT2D eigenvalue weighted by Gasteiger charge is -2.17. The summed E-state index contributed by atoms with van der Waals surface area (Å²) in [6, 6.07) is 20.1. The van der Waals surface area contributed by atoms with Crippen molar-refractivity contribution < 1.29 is 14.3 Å². The quantitative estimate of drug-likeness (QED) is 0.259. The number of para-hydroxylation sites is 1. The first kappa shape index (κ1) is 27.1. The van der Waals surface area contributed by atoms with E-state index in [9.17, 15) is 9.59 Å². The topological polar surface area (TPSA) is 89.3 Å². The number of hydrogen-bond acceptors (Lipinski definition) is 6. The number of nitrogens with zero attached hydrogens (tertiary/aromatic N) is 4. The lowest BCUT2D eigenvalue weighted by Crippen LogP contribution is -2.30. The second kappa shape index (κ2) is 12.1. The van der Waals surface area contributed by atoms with Crippen LogP contribution in [0.3, 0.4) is 0 Å². The van der Waals surface area contributed by atoms with Crippen molar-refractivity contribution in [2.24, 2.45) is 0 Å². The van der Waals surface area contributed by atoms with Crippen LogP contribution in [0.5, 0.6) is 5.75 Å². The molecule has 0 spiro atoms. The molecule has 2 amide bonds. The predicted octanol–water partition coefficient (Wildman–Crippen LogP) is 5.58. The number of anilines is 1. The van der Waals surface area contributed by atoms with Crippen molar-refractivity contribution in [2.45, 2.75) is 25.0 Å². The van der Waals surface area contributed by atoms with E-state index in [0.29, 0.717) is 34.7 Å². The molecule has 4 aromatic rings. The van der Waals surface area contributed by atoms with Gasteiger partial charge < -0.3 is 15.0 Å². The number of nitrogens with one attached hydrogen (secondary N) is 1. The van der Waals surface area contributed by atoms with Crippen LogP contribution in [-0.4, -0.2) is 45.5 Å². The second-order valence-electron chi connectivity index (χ2n) is 8.68. The van der Waals surface area contributed by atoms with Crippen molar-refractivity contribution in [3.63, 3.8) is 0 Å². The van der Waals surface area contributed by atoms with Gasteiger partial charge in [-0.3, -0.25) is 14.2 Å². The van der Waals surface area contributed by atoms with Crippen LogP contribution in [0, 0.1) is 0 Å². The molecule has 39 heavy (non-hydrogen) atoms. The van der Waals surface area contributed by atoms with Crippen molar-refractivity contribution in [3.8, 4) is 11.4 Å². The van der Waals surface area contributed by atoms with Crippen molar-refractivity contribution in [1.82, 2.24) is 20.1 Å². The van der Waals surface area contributed by atoms with Gasteiger partial charge in [0.1, 0.15) is 5.75 Å². The zero-order valence-corrected chi connectivity index (χ0v) is 23.4. The Morgan fingerprint density at radius 2 is 1.85 bits per heavy atom. The van der Waals surface area contributed by atoms with Gasteiger partial charge in [0.15, 0.2) is 11.0 Å². The molecule has 0 aliphatic carbocycles. The predicted molar refractivity (Wildman–Crippen MR) is 153 cm³/mol. The molecular weight excluding hydrogens is 557 g/mol. The van der Waals surface area contributed by atoms with Gasteiger partial charge in [-0.2, -0.15) is 0 Å². The van der Waals surface area contributed by atoms with E-state index >= 15 is 0 Å². The molecule has 0 unspecified atom stereocenters. The fourth-order valence-electron chi connectivity index (χ4n) is 4.36. The number of hydrogen-bond donors (Lipinski definition) is 1. The lowest BCUT2D eigenvalue weighted by molar-refractivity contribution is -0.116. The van der Waals surface area contributed by atoms with Gasteiger partial charge in [0.05, 0.1) is 29.5 Å². The Morgan fingerprint density at radius 3 is 2.62 bits per heavy atom. The Kier molecular flexibility index (Phi) is 8.40. The Morgan fingerprint density at radius 1 is 1.05 bits per heavy atom. The number of carbonyl (C=O) groups excluding carboxylic acids is 2. The smallest absolute Gasteiger partial charge is 0.253 e. The summed E-state index contributed by atoms with van der Waals surface area (Å²) in [7, 11) is 0. The average Bonchev–Trinajstić information content (AvgIpc) is 3.55. The minimum atomic E-state index is -0.366. The lowest BCUT2D eigenvalue weighted by atomic mass is 10.2. The number of ether oxygens (including phenoxy) is 1. The third-order valence-corrected chi connectivity index (χ3v) is 7.66. The molecule has 0 fully saturated rings. The summed E-state index contributed by atoms with van der Waals surface area (Å²) in [4.78, 5) is 27.8. The number of benzene rings is 3. The number of halogens is 2. The van der Waals surface area contributed by atoms with E-state index in [1.165, 1.54) is 23.4 Å². The number of fused-ring (bicyclic) bond motifs is 1. The monoisotopic (exact) mass is 581 g/mol. The maximum atomic E-state index is 13.1. The molecule has 1 aromatic heterocycles. The molecule has 5 rings (SSSR count). The van der Waals surface area contributed by atoms with Gasteiger partial charge in [0, 0.05) is 22.9 Å². The molecule has 0 radical (unpaired) electrons. The summed E-state index contributed by atoms with van der Waals surface area (Å²) in [5.74, 6) is 1.06. The fraction of sp³-hybridized carbons (Fsp3) is 0.214. The van der Waals surface area contributed by atoms with Crippen LogP contribution in [-0.2, 0) is 17.8 Å². The van der Waals surface area contributed by atoms with Gasteiger partial charge in [-0.05, 0) is 67.4 Å². The summed E-state index contributed by atoms with van der Waals surface area (Å²) in [5, 5.41) is 12.8. The van der Waals surface area contributed by atoms with Gasteiger partial charge in [-0.1, -0.05) is 53.2 Å². The molecule has 1 aliphatic rings. The SMILES string of the molecule is CCOc1ccc(-n2c(CNC(=O)c3ccc(Cl)cc3Cl)nnc2SCC(=O)N2CCc3ccccc32)cc1. The zero-order chi connectivity index (χ0) is 27.4. The highest BCUT2D eigenvalue weighted by atomic mass is 35.5. The molecule has 8 nitrogen and oxygen atoms in total. The molecular formula is C28H25Cl2N5O3S. The average molecular weight is 583 g/mol. The van der Waals surface area contributed by atoms with Crippen LogP contribution in [0.15, 0.2) is 71.9 Å². The molecule has 0 saturated carbocycles. The highest BCUT2D eigenvalue weighted by Gasteiger charge is 2.25. The van der Waals surface area contributed by atoms with Crippen molar-refractivity contribution >= 4 is 52.5 Å². The zero-order valence-electron chi connectivity index (χ0n) is 21.1. The summed E-state index contributed by atoms with van der Waals surface area (Å²) >= 11 is 13.5. The third-order valence-electron chi connectivity index (χ3n) is 6.20. The van der Waals surface area contributed by atoms with Crippen LogP contribution in [0.25, 0.3) is 5.69 Å². The maximum absolute atomic E-state index is 13.1. The van der Waals surface area contributed by atoms with E-state index in [1.54, 1.807) is 12.1 Å². The molecule has 11 heteroatoms. The molecule has 2 heterocycles. The molecule has 0 bridgehead atoms. The van der Waals surface area contributed by atoms with Gasteiger partial charge in [0.2, 0.25) is 5.91 Å². The van der Waals surface area contributed by atoms with Crippen LogP contribution >= 0.6 is 35.0 Å². The van der Waals surface area contributed by atoms with E-state index in [4.69, 9.17) is 27.9 Å². The molecule has 200 valence electrons. The summed E-state index contributed by atoms with van der Waals surface area (Å²) in [6.07, 6.45) is 0.844. The first-order valence-corrected chi connectivity index (χ1v) is 14.1. The molecule has 1 N–H and O–H groups in total. The van der Waals surface area contributed by atoms with E-state index < -0.39 is 0 Å².